The maximum absolute atomic E-state index is 13.1. The highest BCUT2D eigenvalue weighted by molar-refractivity contribution is 5.36. The number of halogens is 3. The van der Waals surface area contributed by atoms with Crippen LogP contribution in [0.15, 0.2) is 36.5 Å². The molecule has 114 valence electrons. The van der Waals surface area contributed by atoms with E-state index in [0.29, 0.717) is 12.2 Å². The average molecular weight is 298 g/mol. The normalized spacial score (nSPS) is 13.4. The Morgan fingerprint density at radius 2 is 2.00 bits per heavy atom. The van der Waals surface area contributed by atoms with Crippen molar-refractivity contribution in [1.29, 1.82) is 0 Å². The fraction of sp³-hybridized carbons (Fsp3) is 0.357. The molecule has 0 aliphatic rings. The van der Waals surface area contributed by atoms with Crippen LogP contribution in [-0.2, 0) is 12.7 Å². The summed E-state index contributed by atoms with van der Waals surface area (Å²) in [5.41, 5.74) is 2.47. The molecule has 1 atom stereocenters. The quantitative estimate of drug-likeness (QED) is 0.659. The van der Waals surface area contributed by atoms with Crippen molar-refractivity contribution < 1.29 is 13.2 Å². The number of hydrogen-bond acceptors (Lipinski definition) is 3. The zero-order valence-corrected chi connectivity index (χ0v) is 11.6. The molecule has 1 aromatic carbocycles. The van der Waals surface area contributed by atoms with E-state index in [1.807, 2.05) is 6.92 Å². The van der Waals surface area contributed by atoms with Crippen LogP contribution < -0.4 is 11.3 Å². The topological polar surface area (TPSA) is 55.9 Å². The van der Waals surface area contributed by atoms with Gasteiger partial charge in [0.25, 0.3) is 0 Å². The van der Waals surface area contributed by atoms with Crippen LogP contribution in [0.25, 0.3) is 0 Å². The Balaban J connectivity index is 2.50. The molecule has 21 heavy (non-hydrogen) atoms. The highest BCUT2D eigenvalue weighted by Gasteiger charge is 2.35. The standard InChI is InChI=1S/C14H17F3N4/c1-2-9-21-12(7-8-19-21)13(20-18)10-5-3-4-6-11(10)14(15,16)17/h3-8,13,20H,2,9,18H2,1H3. The van der Waals surface area contributed by atoms with Gasteiger partial charge in [0.2, 0.25) is 0 Å². The summed E-state index contributed by atoms with van der Waals surface area (Å²) in [6.07, 6.45) is -2.04. The maximum atomic E-state index is 13.1. The number of nitrogens with one attached hydrogen (secondary N) is 1. The van der Waals surface area contributed by atoms with Crippen molar-refractivity contribution in [3.8, 4) is 0 Å². The first-order valence-corrected chi connectivity index (χ1v) is 6.63. The van der Waals surface area contributed by atoms with Crippen LogP contribution >= 0.6 is 0 Å². The number of aromatic nitrogens is 2. The highest BCUT2D eigenvalue weighted by atomic mass is 19.4. The zero-order valence-electron chi connectivity index (χ0n) is 11.6. The molecule has 0 bridgehead atoms. The lowest BCUT2D eigenvalue weighted by molar-refractivity contribution is -0.138. The van der Waals surface area contributed by atoms with E-state index in [1.165, 1.54) is 12.1 Å². The van der Waals surface area contributed by atoms with E-state index in [4.69, 9.17) is 5.84 Å². The molecule has 0 radical (unpaired) electrons. The van der Waals surface area contributed by atoms with Crippen molar-refractivity contribution in [1.82, 2.24) is 15.2 Å². The molecular weight excluding hydrogens is 281 g/mol. The van der Waals surface area contributed by atoms with Crippen LogP contribution in [0.5, 0.6) is 0 Å². The van der Waals surface area contributed by atoms with Crippen molar-refractivity contribution in [3.05, 3.63) is 53.3 Å². The Morgan fingerprint density at radius 1 is 1.29 bits per heavy atom. The van der Waals surface area contributed by atoms with Crippen molar-refractivity contribution in [3.63, 3.8) is 0 Å². The fourth-order valence-electron chi connectivity index (χ4n) is 2.33. The maximum Gasteiger partial charge on any atom is 0.416 e. The zero-order chi connectivity index (χ0) is 15.5. The summed E-state index contributed by atoms with van der Waals surface area (Å²) in [4.78, 5) is 0. The van der Waals surface area contributed by atoms with E-state index in [-0.39, 0.29) is 5.56 Å². The third-order valence-corrected chi connectivity index (χ3v) is 3.22. The summed E-state index contributed by atoms with van der Waals surface area (Å²) < 4.78 is 41.1. The molecule has 0 fully saturated rings. The number of benzene rings is 1. The highest BCUT2D eigenvalue weighted by Crippen LogP contribution is 2.36. The van der Waals surface area contributed by atoms with Gasteiger partial charge >= 0.3 is 6.18 Å². The first-order valence-electron chi connectivity index (χ1n) is 6.63. The van der Waals surface area contributed by atoms with E-state index < -0.39 is 17.8 Å². The van der Waals surface area contributed by atoms with Crippen LogP contribution in [0.2, 0.25) is 0 Å². The summed E-state index contributed by atoms with van der Waals surface area (Å²) in [5, 5.41) is 4.13. The fourth-order valence-corrected chi connectivity index (χ4v) is 2.33. The second kappa shape index (κ2) is 6.28. The second-order valence-electron chi connectivity index (χ2n) is 4.66. The van der Waals surface area contributed by atoms with Gasteiger partial charge < -0.3 is 0 Å². The molecule has 0 aliphatic heterocycles. The van der Waals surface area contributed by atoms with Gasteiger partial charge in [0.1, 0.15) is 0 Å². The Bertz CT molecular complexity index is 592. The van der Waals surface area contributed by atoms with Crippen LogP contribution in [0.4, 0.5) is 13.2 Å². The number of rotatable bonds is 5. The first kappa shape index (κ1) is 15.5. The molecule has 1 heterocycles. The number of nitrogens with zero attached hydrogens (tertiary/aromatic N) is 2. The lowest BCUT2D eigenvalue weighted by atomic mass is 9.98. The predicted octanol–water partition coefficient (Wildman–Crippen LogP) is 2.86. The molecule has 0 saturated heterocycles. The molecule has 0 saturated carbocycles. The summed E-state index contributed by atoms with van der Waals surface area (Å²) in [5.74, 6) is 5.51. The number of aryl methyl sites for hydroxylation is 1. The van der Waals surface area contributed by atoms with Gasteiger partial charge in [-0.3, -0.25) is 10.5 Å². The summed E-state index contributed by atoms with van der Waals surface area (Å²) in [6, 6.07) is 6.32. The number of alkyl halides is 3. The third kappa shape index (κ3) is 3.25. The van der Waals surface area contributed by atoms with Crippen LogP contribution in [-0.4, -0.2) is 9.78 Å². The van der Waals surface area contributed by atoms with Gasteiger partial charge in [-0.1, -0.05) is 25.1 Å². The van der Waals surface area contributed by atoms with Gasteiger partial charge in [-0.15, -0.1) is 0 Å². The molecule has 2 aromatic rings. The molecule has 0 amide bonds. The third-order valence-electron chi connectivity index (χ3n) is 3.22. The van der Waals surface area contributed by atoms with E-state index in [1.54, 1.807) is 23.0 Å². The Morgan fingerprint density at radius 3 is 2.62 bits per heavy atom. The van der Waals surface area contributed by atoms with E-state index in [0.717, 1.165) is 12.5 Å². The smallest absolute Gasteiger partial charge is 0.271 e. The van der Waals surface area contributed by atoms with Gasteiger partial charge in [-0.2, -0.15) is 18.3 Å². The SMILES string of the molecule is CCCn1nccc1C(NN)c1ccccc1C(F)(F)F. The molecule has 3 N–H and O–H groups in total. The van der Waals surface area contributed by atoms with Crippen LogP contribution in [0.1, 0.15) is 36.2 Å². The van der Waals surface area contributed by atoms with E-state index in [2.05, 4.69) is 10.5 Å². The van der Waals surface area contributed by atoms with Crippen molar-refractivity contribution in [2.45, 2.75) is 32.1 Å². The monoisotopic (exact) mass is 298 g/mol. The van der Waals surface area contributed by atoms with Gasteiger partial charge in [-0.25, -0.2) is 5.43 Å². The predicted molar refractivity (Wildman–Crippen MR) is 73.1 cm³/mol. The van der Waals surface area contributed by atoms with E-state index in [9.17, 15) is 13.2 Å². The molecule has 1 aromatic heterocycles. The van der Waals surface area contributed by atoms with Crippen molar-refractivity contribution in [2.24, 2.45) is 5.84 Å². The average Bonchev–Trinajstić information content (AvgIpc) is 2.88. The lowest BCUT2D eigenvalue weighted by Gasteiger charge is -2.22. The Kier molecular flexibility index (Phi) is 4.64. The van der Waals surface area contributed by atoms with Gasteiger partial charge in [0.05, 0.1) is 17.3 Å². The minimum atomic E-state index is -4.43. The van der Waals surface area contributed by atoms with Gasteiger partial charge in [0.15, 0.2) is 0 Å². The van der Waals surface area contributed by atoms with Crippen molar-refractivity contribution in [2.75, 3.05) is 0 Å². The Labute approximate surface area is 120 Å². The lowest BCUT2D eigenvalue weighted by Crippen LogP contribution is -2.32. The summed E-state index contributed by atoms with van der Waals surface area (Å²) in [7, 11) is 0. The second-order valence-corrected chi connectivity index (χ2v) is 4.66. The molecule has 2 rings (SSSR count). The summed E-state index contributed by atoms with van der Waals surface area (Å²) in [6.45, 7) is 2.59. The van der Waals surface area contributed by atoms with Crippen LogP contribution in [0, 0.1) is 0 Å². The first-order chi connectivity index (χ1) is 9.99. The molecule has 0 aliphatic carbocycles. The molecule has 0 spiro atoms. The largest absolute Gasteiger partial charge is 0.416 e. The molecular formula is C14H17F3N4. The van der Waals surface area contributed by atoms with Gasteiger partial charge in [-0.05, 0) is 24.1 Å². The molecule has 4 nitrogen and oxygen atoms in total. The summed E-state index contributed by atoms with van der Waals surface area (Å²) >= 11 is 0. The van der Waals surface area contributed by atoms with Crippen molar-refractivity contribution >= 4 is 0 Å². The van der Waals surface area contributed by atoms with E-state index >= 15 is 0 Å². The van der Waals surface area contributed by atoms with Gasteiger partial charge in [0, 0.05) is 12.7 Å². The molecule has 1 unspecified atom stereocenters. The minimum Gasteiger partial charge on any atom is -0.271 e. The Hall–Kier alpha value is -1.86. The molecule has 7 heteroatoms. The minimum absolute atomic E-state index is 0.0883. The number of nitrogens with two attached hydrogens (primary N) is 1. The van der Waals surface area contributed by atoms with Crippen LogP contribution in [0.3, 0.4) is 0 Å². The number of hydrazine groups is 1. The number of hydrogen-bond donors (Lipinski definition) is 2.